The molecule has 0 spiro atoms. The maximum atomic E-state index is 10.4. The Morgan fingerprint density at radius 2 is 2.12 bits per heavy atom. The van der Waals surface area contributed by atoms with Gasteiger partial charge in [-0.3, -0.25) is 4.99 Å². The van der Waals surface area contributed by atoms with Crippen LogP contribution in [0.5, 0.6) is 5.75 Å². The molecule has 0 saturated carbocycles. The predicted molar refractivity (Wildman–Crippen MR) is 118 cm³/mol. The second-order valence-corrected chi connectivity index (χ2v) is 7.53. The monoisotopic (exact) mass is 499 g/mol. The molecule has 2 unspecified atom stereocenters. The molecule has 5 nitrogen and oxygen atoms in total. The summed E-state index contributed by atoms with van der Waals surface area (Å²) in [5.41, 5.74) is -0.668. The van der Waals surface area contributed by atoms with E-state index in [-0.39, 0.29) is 30.1 Å². The first-order valence-electron chi connectivity index (χ1n) is 8.25. The third kappa shape index (κ3) is 8.23. The van der Waals surface area contributed by atoms with E-state index in [1.165, 1.54) is 0 Å². The fourth-order valence-electron chi connectivity index (χ4n) is 2.32. The summed E-state index contributed by atoms with van der Waals surface area (Å²) in [6, 6.07) is 7.32. The van der Waals surface area contributed by atoms with Gasteiger partial charge in [-0.15, -0.1) is 24.0 Å². The lowest BCUT2D eigenvalue weighted by Gasteiger charge is -2.21. The van der Waals surface area contributed by atoms with E-state index < -0.39 is 5.60 Å². The Balaban J connectivity index is 0.00000312. The third-order valence-electron chi connectivity index (χ3n) is 3.67. The molecule has 1 aliphatic heterocycles. The molecule has 1 heterocycles. The molecule has 3 N–H and O–H groups in total. The second-order valence-electron chi connectivity index (χ2n) is 5.99. The molecule has 1 fully saturated rings. The smallest absolute Gasteiger partial charge is 0.191 e. The van der Waals surface area contributed by atoms with Crippen molar-refractivity contribution in [2.45, 2.75) is 32.0 Å². The molecule has 1 aromatic carbocycles. The standard InChI is InChI=1S/C17H26ClN3O2S.HI/c1-3-19-16(21-11-17(22)8-9-24-12-17)20-10-13(2)23-15-6-4-14(18)5-7-15;/h4-7,13,22H,3,8-12H2,1-2H3,(H2,19,20,21);1H. The SMILES string of the molecule is CCNC(=NCC1(O)CCSC1)NCC(C)Oc1ccc(Cl)cc1.I. The van der Waals surface area contributed by atoms with Gasteiger partial charge in [-0.05, 0) is 50.3 Å². The molecule has 0 bridgehead atoms. The van der Waals surface area contributed by atoms with E-state index in [0.29, 0.717) is 24.1 Å². The molecular weight excluding hydrogens is 473 g/mol. The van der Waals surface area contributed by atoms with E-state index in [2.05, 4.69) is 15.6 Å². The van der Waals surface area contributed by atoms with Gasteiger partial charge < -0.3 is 20.5 Å². The van der Waals surface area contributed by atoms with Crippen LogP contribution in [0.2, 0.25) is 5.02 Å². The lowest BCUT2D eigenvalue weighted by Crippen LogP contribution is -2.43. The lowest BCUT2D eigenvalue weighted by molar-refractivity contribution is 0.0778. The highest BCUT2D eigenvalue weighted by atomic mass is 127. The number of hydrogen-bond donors (Lipinski definition) is 3. The molecule has 0 aromatic heterocycles. The van der Waals surface area contributed by atoms with Gasteiger partial charge in [0.2, 0.25) is 0 Å². The Bertz CT molecular complexity index is 539. The molecule has 0 radical (unpaired) electrons. The molecule has 8 heteroatoms. The number of hydrogen-bond acceptors (Lipinski definition) is 4. The number of halogens is 2. The second kappa shape index (κ2) is 11.4. The topological polar surface area (TPSA) is 65.9 Å². The highest BCUT2D eigenvalue weighted by molar-refractivity contribution is 14.0. The van der Waals surface area contributed by atoms with Crippen LogP contribution in [0.1, 0.15) is 20.3 Å². The van der Waals surface area contributed by atoms with Gasteiger partial charge in [-0.1, -0.05) is 11.6 Å². The summed E-state index contributed by atoms with van der Waals surface area (Å²) < 4.78 is 5.84. The van der Waals surface area contributed by atoms with E-state index in [1.54, 1.807) is 11.8 Å². The van der Waals surface area contributed by atoms with Crippen LogP contribution < -0.4 is 15.4 Å². The van der Waals surface area contributed by atoms with Crippen molar-refractivity contribution in [1.29, 1.82) is 0 Å². The van der Waals surface area contributed by atoms with E-state index in [1.807, 2.05) is 38.1 Å². The third-order valence-corrected chi connectivity index (χ3v) is 5.15. The number of aliphatic hydroxyl groups is 1. The minimum atomic E-state index is -0.668. The maximum absolute atomic E-state index is 10.4. The molecule has 142 valence electrons. The number of rotatable bonds is 7. The molecule has 2 rings (SSSR count). The zero-order valence-electron chi connectivity index (χ0n) is 14.6. The maximum Gasteiger partial charge on any atom is 0.191 e. The number of nitrogens with zero attached hydrogens (tertiary/aromatic N) is 1. The van der Waals surface area contributed by atoms with Gasteiger partial charge in [-0.2, -0.15) is 11.8 Å². The summed E-state index contributed by atoms with van der Waals surface area (Å²) in [5, 5.41) is 17.5. The minimum absolute atomic E-state index is 0. The van der Waals surface area contributed by atoms with Gasteiger partial charge in [-0.25, -0.2) is 0 Å². The number of ether oxygens (including phenoxy) is 1. The summed E-state index contributed by atoms with van der Waals surface area (Å²) in [7, 11) is 0. The Kier molecular flexibility index (Phi) is 10.3. The Morgan fingerprint density at radius 3 is 2.72 bits per heavy atom. The van der Waals surface area contributed by atoms with Crippen LogP contribution in [0.3, 0.4) is 0 Å². The van der Waals surface area contributed by atoms with Crippen LogP contribution in [0, 0.1) is 0 Å². The summed E-state index contributed by atoms with van der Waals surface area (Å²) in [6.45, 7) is 5.81. The van der Waals surface area contributed by atoms with Gasteiger partial charge in [0.05, 0.1) is 18.7 Å². The van der Waals surface area contributed by atoms with Crippen LogP contribution in [0.15, 0.2) is 29.3 Å². The molecular formula is C17H27ClIN3O2S. The minimum Gasteiger partial charge on any atom is -0.489 e. The summed E-state index contributed by atoms with van der Waals surface area (Å²) in [4.78, 5) is 4.52. The summed E-state index contributed by atoms with van der Waals surface area (Å²) in [5.74, 6) is 3.25. The van der Waals surface area contributed by atoms with Crippen molar-refractivity contribution in [3.8, 4) is 5.75 Å². The van der Waals surface area contributed by atoms with Gasteiger partial charge in [0, 0.05) is 17.3 Å². The normalized spacial score (nSPS) is 21.4. The summed E-state index contributed by atoms with van der Waals surface area (Å²) in [6.07, 6.45) is 0.775. The fourth-order valence-corrected chi connectivity index (χ4v) is 3.73. The zero-order chi connectivity index (χ0) is 17.4. The van der Waals surface area contributed by atoms with Crippen molar-refractivity contribution >= 4 is 53.3 Å². The molecule has 2 atom stereocenters. The van der Waals surface area contributed by atoms with Gasteiger partial charge in [0.1, 0.15) is 11.9 Å². The molecule has 25 heavy (non-hydrogen) atoms. The van der Waals surface area contributed by atoms with Crippen LogP contribution in [-0.4, -0.2) is 53.9 Å². The number of thioether (sulfide) groups is 1. The van der Waals surface area contributed by atoms with Crippen LogP contribution in [0.4, 0.5) is 0 Å². The first-order chi connectivity index (χ1) is 11.5. The van der Waals surface area contributed by atoms with Gasteiger partial charge >= 0.3 is 0 Å². The van der Waals surface area contributed by atoms with E-state index in [9.17, 15) is 5.11 Å². The van der Waals surface area contributed by atoms with Crippen LogP contribution in [0.25, 0.3) is 0 Å². The Morgan fingerprint density at radius 1 is 1.40 bits per heavy atom. The molecule has 1 saturated heterocycles. The highest BCUT2D eigenvalue weighted by Crippen LogP contribution is 2.27. The fraction of sp³-hybridized carbons (Fsp3) is 0.588. The Labute approximate surface area is 176 Å². The van der Waals surface area contributed by atoms with Gasteiger partial charge in [0.25, 0.3) is 0 Å². The average molecular weight is 500 g/mol. The van der Waals surface area contributed by atoms with Crippen LogP contribution >= 0.6 is 47.3 Å². The van der Waals surface area contributed by atoms with E-state index >= 15 is 0 Å². The van der Waals surface area contributed by atoms with Crippen molar-refractivity contribution in [3.05, 3.63) is 29.3 Å². The van der Waals surface area contributed by atoms with Crippen molar-refractivity contribution in [3.63, 3.8) is 0 Å². The van der Waals surface area contributed by atoms with Gasteiger partial charge in [0.15, 0.2) is 5.96 Å². The Hall–Kier alpha value is -0.380. The zero-order valence-corrected chi connectivity index (χ0v) is 18.5. The van der Waals surface area contributed by atoms with Crippen molar-refractivity contribution in [2.24, 2.45) is 4.99 Å². The molecule has 0 amide bonds. The molecule has 1 aliphatic rings. The number of aliphatic imine (C=N–C) groups is 1. The van der Waals surface area contributed by atoms with Crippen molar-refractivity contribution in [2.75, 3.05) is 31.1 Å². The predicted octanol–water partition coefficient (Wildman–Crippen LogP) is 3.15. The number of benzene rings is 1. The highest BCUT2D eigenvalue weighted by Gasteiger charge is 2.31. The van der Waals surface area contributed by atoms with E-state index in [0.717, 1.165) is 30.2 Å². The molecule has 1 aromatic rings. The van der Waals surface area contributed by atoms with E-state index in [4.69, 9.17) is 16.3 Å². The number of nitrogens with one attached hydrogen (secondary N) is 2. The van der Waals surface area contributed by atoms with Crippen molar-refractivity contribution in [1.82, 2.24) is 10.6 Å². The largest absolute Gasteiger partial charge is 0.489 e. The first kappa shape index (κ1) is 22.7. The first-order valence-corrected chi connectivity index (χ1v) is 9.78. The molecule has 0 aliphatic carbocycles. The van der Waals surface area contributed by atoms with Crippen molar-refractivity contribution < 1.29 is 9.84 Å². The quantitative estimate of drug-likeness (QED) is 0.306. The average Bonchev–Trinajstić information content (AvgIpc) is 2.99. The lowest BCUT2D eigenvalue weighted by atomic mass is 10.1. The number of guanidine groups is 1. The summed E-state index contributed by atoms with van der Waals surface area (Å²) >= 11 is 7.65. The van der Waals surface area contributed by atoms with Crippen LogP contribution in [-0.2, 0) is 0 Å².